The van der Waals surface area contributed by atoms with Crippen molar-refractivity contribution in [2.24, 2.45) is 0 Å². The van der Waals surface area contributed by atoms with Crippen LogP contribution in [0, 0.1) is 0 Å². The Bertz CT molecular complexity index is 317. The van der Waals surface area contributed by atoms with Crippen LogP contribution in [0.1, 0.15) is 13.3 Å². The molecule has 0 spiro atoms. The van der Waals surface area contributed by atoms with Crippen LogP contribution in [0.25, 0.3) is 0 Å². The third-order valence-electron chi connectivity index (χ3n) is 1.92. The van der Waals surface area contributed by atoms with Gasteiger partial charge in [0.1, 0.15) is 0 Å². The molecule has 0 aromatic rings. The third kappa shape index (κ3) is 4.11. The maximum Gasteiger partial charge on any atom is 0.463 e. The van der Waals surface area contributed by atoms with Crippen molar-refractivity contribution in [2.45, 2.75) is 25.4 Å². The fourth-order valence-corrected chi connectivity index (χ4v) is 0.968. The van der Waals surface area contributed by atoms with E-state index in [2.05, 4.69) is 5.32 Å². The van der Waals surface area contributed by atoms with Crippen LogP contribution in [-0.2, 0) is 9.59 Å². The fourth-order valence-electron chi connectivity index (χ4n) is 0.968. The SMILES string of the molecule is CCCNC(=O)CN(C)C(=O)C(F)(F)C(F)(F)F. The van der Waals surface area contributed by atoms with E-state index in [-0.39, 0.29) is 11.4 Å². The molecule has 0 bridgehead atoms. The lowest BCUT2D eigenvalue weighted by Gasteiger charge is -2.24. The van der Waals surface area contributed by atoms with Gasteiger partial charge in [-0.3, -0.25) is 9.59 Å². The molecule has 0 radical (unpaired) electrons. The van der Waals surface area contributed by atoms with Gasteiger partial charge in [0.15, 0.2) is 0 Å². The molecule has 0 aromatic carbocycles. The van der Waals surface area contributed by atoms with Crippen LogP contribution in [0.4, 0.5) is 22.0 Å². The minimum atomic E-state index is -5.97. The van der Waals surface area contributed by atoms with Crippen molar-refractivity contribution >= 4 is 11.8 Å². The number of amides is 2. The summed E-state index contributed by atoms with van der Waals surface area (Å²) in [5, 5.41) is 2.25. The summed E-state index contributed by atoms with van der Waals surface area (Å²) in [6, 6.07) is 0. The molecule has 0 saturated carbocycles. The molecule has 0 atom stereocenters. The van der Waals surface area contributed by atoms with Crippen LogP contribution >= 0.6 is 0 Å². The number of carbonyl (C=O) groups excluding carboxylic acids is 2. The average molecular weight is 276 g/mol. The van der Waals surface area contributed by atoms with Gasteiger partial charge in [-0.25, -0.2) is 0 Å². The number of nitrogens with zero attached hydrogens (tertiary/aromatic N) is 1. The molecule has 2 amide bonds. The second kappa shape index (κ2) is 5.96. The van der Waals surface area contributed by atoms with Crippen LogP contribution in [0.15, 0.2) is 0 Å². The molecule has 0 aliphatic heterocycles. The summed E-state index contributed by atoms with van der Waals surface area (Å²) in [5.41, 5.74) is 0. The molecule has 18 heavy (non-hydrogen) atoms. The van der Waals surface area contributed by atoms with E-state index in [4.69, 9.17) is 0 Å². The summed E-state index contributed by atoms with van der Waals surface area (Å²) < 4.78 is 60.9. The van der Waals surface area contributed by atoms with E-state index in [0.29, 0.717) is 13.5 Å². The lowest BCUT2D eigenvalue weighted by atomic mass is 10.3. The molecule has 0 aliphatic carbocycles. The molecule has 0 aromatic heterocycles. The summed E-state index contributed by atoms with van der Waals surface area (Å²) in [5.74, 6) is -8.75. The van der Waals surface area contributed by atoms with E-state index < -0.39 is 30.5 Å². The zero-order valence-corrected chi connectivity index (χ0v) is 9.77. The Morgan fingerprint density at radius 2 is 1.67 bits per heavy atom. The first kappa shape index (κ1) is 16.6. The molecule has 0 heterocycles. The minimum Gasteiger partial charge on any atom is -0.355 e. The van der Waals surface area contributed by atoms with Crippen molar-refractivity contribution in [3.63, 3.8) is 0 Å². The molecule has 0 rings (SSSR count). The third-order valence-corrected chi connectivity index (χ3v) is 1.92. The highest BCUT2D eigenvalue weighted by atomic mass is 19.4. The summed E-state index contributed by atoms with van der Waals surface area (Å²) in [6.45, 7) is 1.12. The second-order valence-corrected chi connectivity index (χ2v) is 3.58. The quantitative estimate of drug-likeness (QED) is 0.766. The number of nitrogens with one attached hydrogen (secondary N) is 1. The maximum atomic E-state index is 12.6. The maximum absolute atomic E-state index is 12.6. The normalized spacial score (nSPS) is 12.2. The molecule has 0 saturated heterocycles. The van der Waals surface area contributed by atoms with Crippen molar-refractivity contribution in [1.29, 1.82) is 0 Å². The minimum absolute atomic E-state index is 0.0402. The molecule has 1 N–H and O–H groups in total. The zero-order chi connectivity index (χ0) is 14.6. The predicted molar refractivity (Wildman–Crippen MR) is 51.9 cm³/mol. The van der Waals surface area contributed by atoms with E-state index >= 15 is 0 Å². The molecule has 9 heteroatoms. The van der Waals surface area contributed by atoms with Gasteiger partial charge in [-0.15, -0.1) is 0 Å². The highest BCUT2D eigenvalue weighted by Crippen LogP contribution is 2.36. The number of carbonyl (C=O) groups is 2. The first-order valence-corrected chi connectivity index (χ1v) is 5.00. The highest BCUT2D eigenvalue weighted by Gasteiger charge is 2.64. The number of hydrogen-bond donors (Lipinski definition) is 1. The summed E-state index contributed by atoms with van der Waals surface area (Å²) in [4.78, 5) is 22.0. The molecule has 106 valence electrons. The summed E-state index contributed by atoms with van der Waals surface area (Å²) in [7, 11) is 0.702. The van der Waals surface area contributed by atoms with E-state index in [9.17, 15) is 31.5 Å². The van der Waals surface area contributed by atoms with Crippen LogP contribution in [-0.4, -0.2) is 49.0 Å². The molecular weight excluding hydrogens is 263 g/mol. The monoisotopic (exact) mass is 276 g/mol. The predicted octanol–water partition coefficient (Wildman–Crippen LogP) is 1.17. The van der Waals surface area contributed by atoms with E-state index in [0.717, 1.165) is 0 Å². The van der Waals surface area contributed by atoms with Gasteiger partial charge in [-0.05, 0) is 6.42 Å². The number of likely N-dealkylation sites (N-methyl/N-ethyl adjacent to an activating group) is 1. The largest absolute Gasteiger partial charge is 0.463 e. The van der Waals surface area contributed by atoms with Crippen LogP contribution in [0.3, 0.4) is 0 Å². The average Bonchev–Trinajstić information content (AvgIpc) is 2.23. The zero-order valence-electron chi connectivity index (χ0n) is 9.77. The standard InChI is InChI=1S/C9H13F5N2O2/c1-3-4-15-6(17)5-16(2)7(18)8(10,11)9(12,13)14/h3-5H2,1-2H3,(H,15,17). The Morgan fingerprint density at radius 1 is 1.17 bits per heavy atom. The molecule has 0 aliphatic rings. The molecule has 0 unspecified atom stereocenters. The van der Waals surface area contributed by atoms with Gasteiger partial charge in [-0.1, -0.05) is 6.92 Å². The Kier molecular flexibility index (Phi) is 5.50. The molecule has 4 nitrogen and oxygen atoms in total. The van der Waals surface area contributed by atoms with E-state index in [1.54, 1.807) is 6.92 Å². The lowest BCUT2D eigenvalue weighted by Crippen LogP contribution is -2.52. The van der Waals surface area contributed by atoms with E-state index in [1.807, 2.05) is 0 Å². The molecular formula is C9H13F5N2O2. The number of rotatable bonds is 5. The van der Waals surface area contributed by atoms with Crippen LogP contribution in [0.2, 0.25) is 0 Å². The second-order valence-electron chi connectivity index (χ2n) is 3.58. The van der Waals surface area contributed by atoms with Gasteiger partial charge in [-0.2, -0.15) is 22.0 Å². The number of alkyl halides is 5. The summed E-state index contributed by atoms with van der Waals surface area (Å²) >= 11 is 0. The van der Waals surface area contributed by atoms with Crippen molar-refractivity contribution in [3.05, 3.63) is 0 Å². The van der Waals surface area contributed by atoms with Gasteiger partial charge in [0, 0.05) is 13.6 Å². The van der Waals surface area contributed by atoms with Crippen LogP contribution < -0.4 is 5.32 Å². The van der Waals surface area contributed by atoms with Crippen molar-refractivity contribution in [2.75, 3.05) is 20.1 Å². The summed E-state index contributed by atoms with van der Waals surface area (Å²) in [6.07, 6.45) is -5.40. The highest BCUT2D eigenvalue weighted by molar-refractivity contribution is 5.88. The van der Waals surface area contributed by atoms with Gasteiger partial charge in [0.05, 0.1) is 6.54 Å². The lowest BCUT2D eigenvalue weighted by molar-refractivity contribution is -0.273. The molecule has 0 fully saturated rings. The van der Waals surface area contributed by atoms with Gasteiger partial charge in [0.2, 0.25) is 5.91 Å². The fraction of sp³-hybridized carbons (Fsp3) is 0.778. The van der Waals surface area contributed by atoms with Crippen molar-refractivity contribution in [1.82, 2.24) is 10.2 Å². The Labute approximate surface area is 100 Å². The van der Waals surface area contributed by atoms with Crippen molar-refractivity contribution in [3.8, 4) is 0 Å². The van der Waals surface area contributed by atoms with Crippen LogP contribution in [0.5, 0.6) is 0 Å². The van der Waals surface area contributed by atoms with Crippen molar-refractivity contribution < 1.29 is 31.5 Å². The Morgan fingerprint density at radius 3 is 2.06 bits per heavy atom. The Balaban J connectivity index is 4.57. The van der Waals surface area contributed by atoms with Gasteiger partial charge in [0.25, 0.3) is 0 Å². The number of hydrogen-bond acceptors (Lipinski definition) is 2. The topological polar surface area (TPSA) is 49.4 Å². The van der Waals surface area contributed by atoms with Gasteiger partial charge >= 0.3 is 18.0 Å². The Hall–Kier alpha value is -1.41. The first-order chi connectivity index (χ1) is 8.04. The first-order valence-electron chi connectivity index (χ1n) is 5.00. The number of halogens is 5. The smallest absolute Gasteiger partial charge is 0.355 e. The van der Waals surface area contributed by atoms with Gasteiger partial charge < -0.3 is 10.2 Å². The van der Waals surface area contributed by atoms with E-state index in [1.165, 1.54) is 0 Å².